The number of rotatable bonds is 8. The van der Waals surface area contributed by atoms with Crippen LogP contribution in [0.4, 0.5) is 0 Å². The summed E-state index contributed by atoms with van der Waals surface area (Å²) >= 11 is 0. The van der Waals surface area contributed by atoms with Gasteiger partial charge in [-0.15, -0.1) is 0 Å². The van der Waals surface area contributed by atoms with Gasteiger partial charge in [0, 0.05) is 12.6 Å². The fourth-order valence-electron chi connectivity index (χ4n) is 1.46. The topological polar surface area (TPSA) is 21.3 Å². The van der Waals surface area contributed by atoms with Crippen LogP contribution in [0.3, 0.4) is 0 Å². The summed E-state index contributed by atoms with van der Waals surface area (Å²) in [6, 6.07) is 10.8. The minimum absolute atomic E-state index is 0.563. The monoisotopic (exact) mass is 233 g/mol. The predicted octanol–water partition coefficient (Wildman–Crippen LogP) is 3.10. The molecule has 94 valence electrons. The van der Waals surface area contributed by atoms with E-state index in [4.69, 9.17) is 4.74 Å². The Labute approximate surface area is 105 Å². The van der Waals surface area contributed by atoms with Crippen LogP contribution in [-0.2, 0) is 4.74 Å². The van der Waals surface area contributed by atoms with Gasteiger partial charge in [0.1, 0.15) is 0 Å². The second-order valence-corrected chi connectivity index (χ2v) is 4.35. The van der Waals surface area contributed by atoms with Gasteiger partial charge in [-0.2, -0.15) is 0 Å². The first kappa shape index (κ1) is 13.9. The average Bonchev–Trinajstić information content (AvgIpc) is 2.33. The zero-order valence-corrected chi connectivity index (χ0v) is 10.9. The van der Waals surface area contributed by atoms with Crippen LogP contribution in [0.2, 0.25) is 0 Å². The molecule has 1 aromatic rings. The van der Waals surface area contributed by atoms with Crippen molar-refractivity contribution >= 4 is 6.08 Å². The van der Waals surface area contributed by atoms with E-state index in [1.54, 1.807) is 0 Å². The molecule has 0 unspecified atom stereocenters. The van der Waals surface area contributed by atoms with Crippen LogP contribution in [0.5, 0.6) is 0 Å². The summed E-state index contributed by atoms with van der Waals surface area (Å²) in [6.07, 6.45) is 5.22. The summed E-state index contributed by atoms with van der Waals surface area (Å²) in [4.78, 5) is 0. The highest BCUT2D eigenvalue weighted by Crippen LogP contribution is 2.00. The predicted molar refractivity (Wildman–Crippen MR) is 74.1 cm³/mol. The first-order chi connectivity index (χ1) is 8.29. The zero-order valence-electron chi connectivity index (χ0n) is 10.9. The van der Waals surface area contributed by atoms with Crippen LogP contribution in [0.15, 0.2) is 36.4 Å². The summed E-state index contributed by atoms with van der Waals surface area (Å²) < 4.78 is 5.51. The van der Waals surface area contributed by atoms with Crippen LogP contribution in [0.25, 0.3) is 6.08 Å². The first-order valence-corrected chi connectivity index (χ1v) is 6.32. The van der Waals surface area contributed by atoms with Crippen molar-refractivity contribution < 1.29 is 4.74 Å². The van der Waals surface area contributed by atoms with E-state index in [9.17, 15) is 0 Å². The van der Waals surface area contributed by atoms with Gasteiger partial charge in [0.05, 0.1) is 6.61 Å². The van der Waals surface area contributed by atoms with Gasteiger partial charge in [-0.3, -0.25) is 0 Å². The van der Waals surface area contributed by atoms with Crippen molar-refractivity contribution in [2.24, 2.45) is 0 Å². The lowest BCUT2D eigenvalue weighted by molar-refractivity contribution is 0.159. The molecule has 0 atom stereocenters. The molecule has 1 N–H and O–H groups in total. The maximum absolute atomic E-state index is 5.51. The van der Waals surface area contributed by atoms with Gasteiger partial charge in [0.2, 0.25) is 0 Å². The number of nitrogens with one attached hydrogen (secondary N) is 1. The van der Waals surface area contributed by atoms with Gasteiger partial charge < -0.3 is 10.1 Å². The van der Waals surface area contributed by atoms with E-state index >= 15 is 0 Å². The van der Waals surface area contributed by atoms with Gasteiger partial charge in [0.25, 0.3) is 0 Å². The SMILES string of the molecule is CC(C)NCCCOCC=Cc1ccccc1. The molecule has 0 bridgehead atoms. The Kier molecular flexibility index (Phi) is 7.35. The Balaban J connectivity index is 1.99. The van der Waals surface area contributed by atoms with Gasteiger partial charge in [0.15, 0.2) is 0 Å². The van der Waals surface area contributed by atoms with E-state index < -0.39 is 0 Å². The van der Waals surface area contributed by atoms with E-state index in [0.29, 0.717) is 12.6 Å². The van der Waals surface area contributed by atoms with Crippen molar-refractivity contribution in [3.05, 3.63) is 42.0 Å². The normalized spacial score (nSPS) is 11.5. The summed E-state index contributed by atoms with van der Waals surface area (Å²) in [7, 11) is 0. The van der Waals surface area contributed by atoms with Crippen LogP contribution >= 0.6 is 0 Å². The Bertz CT molecular complexity index is 306. The van der Waals surface area contributed by atoms with Crippen molar-refractivity contribution in [1.29, 1.82) is 0 Å². The van der Waals surface area contributed by atoms with E-state index in [0.717, 1.165) is 19.6 Å². The molecule has 0 aliphatic heterocycles. The second kappa shape index (κ2) is 8.97. The number of benzene rings is 1. The van der Waals surface area contributed by atoms with E-state index in [-0.39, 0.29) is 0 Å². The zero-order chi connectivity index (χ0) is 12.3. The fraction of sp³-hybridized carbons (Fsp3) is 0.467. The molecule has 0 radical (unpaired) electrons. The fourth-order valence-corrected chi connectivity index (χ4v) is 1.46. The minimum Gasteiger partial charge on any atom is -0.377 e. The molecule has 0 aliphatic carbocycles. The summed E-state index contributed by atoms with van der Waals surface area (Å²) in [5.41, 5.74) is 1.22. The van der Waals surface area contributed by atoms with Crippen LogP contribution in [0, 0.1) is 0 Å². The molecular formula is C15H23NO. The molecule has 0 spiro atoms. The second-order valence-electron chi connectivity index (χ2n) is 4.35. The molecule has 0 saturated heterocycles. The molecule has 0 fully saturated rings. The third-order valence-corrected chi connectivity index (χ3v) is 2.34. The molecule has 1 aromatic carbocycles. The molecular weight excluding hydrogens is 210 g/mol. The summed E-state index contributed by atoms with van der Waals surface area (Å²) in [6.45, 7) is 6.85. The molecule has 2 heteroatoms. The lowest BCUT2D eigenvalue weighted by atomic mass is 10.2. The molecule has 2 nitrogen and oxygen atoms in total. The Morgan fingerprint density at radius 2 is 2.00 bits per heavy atom. The molecule has 0 amide bonds. The molecule has 0 heterocycles. The first-order valence-electron chi connectivity index (χ1n) is 6.32. The molecule has 0 aromatic heterocycles. The third-order valence-electron chi connectivity index (χ3n) is 2.34. The van der Waals surface area contributed by atoms with Crippen molar-refractivity contribution in [2.45, 2.75) is 26.3 Å². The van der Waals surface area contributed by atoms with Gasteiger partial charge >= 0.3 is 0 Å². The van der Waals surface area contributed by atoms with Crippen molar-refractivity contribution in [3.63, 3.8) is 0 Å². The molecule has 0 aliphatic rings. The standard InChI is InChI=1S/C15H23NO/c1-14(2)16-11-7-13-17-12-6-10-15-8-4-3-5-9-15/h3-6,8-10,14,16H,7,11-13H2,1-2H3. The molecule has 1 rings (SSSR count). The Hall–Kier alpha value is -1.12. The van der Waals surface area contributed by atoms with E-state index in [1.807, 2.05) is 18.2 Å². The average molecular weight is 233 g/mol. The molecule has 0 saturated carbocycles. The third kappa shape index (κ3) is 7.72. The summed E-state index contributed by atoms with van der Waals surface area (Å²) in [5, 5.41) is 3.36. The quantitative estimate of drug-likeness (QED) is 0.697. The van der Waals surface area contributed by atoms with Gasteiger partial charge in [-0.1, -0.05) is 56.3 Å². The summed E-state index contributed by atoms with van der Waals surface area (Å²) in [5.74, 6) is 0. The highest BCUT2D eigenvalue weighted by molar-refractivity contribution is 5.48. The maximum Gasteiger partial charge on any atom is 0.0650 e. The largest absolute Gasteiger partial charge is 0.377 e. The van der Waals surface area contributed by atoms with E-state index in [1.165, 1.54) is 5.56 Å². The highest BCUT2D eigenvalue weighted by Gasteiger charge is 1.91. The highest BCUT2D eigenvalue weighted by atomic mass is 16.5. The van der Waals surface area contributed by atoms with Crippen molar-refractivity contribution in [3.8, 4) is 0 Å². The lowest BCUT2D eigenvalue weighted by Gasteiger charge is -2.07. The Morgan fingerprint density at radius 1 is 1.24 bits per heavy atom. The number of hydrogen-bond acceptors (Lipinski definition) is 2. The smallest absolute Gasteiger partial charge is 0.0650 e. The van der Waals surface area contributed by atoms with Crippen molar-refractivity contribution in [2.75, 3.05) is 19.8 Å². The maximum atomic E-state index is 5.51. The number of ether oxygens (including phenoxy) is 1. The minimum atomic E-state index is 0.563. The van der Waals surface area contributed by atoms with Gasteiger partial charge in [-0.05, 0) is 18.5 Å². The van der Waals surface area contributed by atoms with Crippen molar-refractivity contribution in [1.82, 2.24) is 5.32 Å². The van der Waals surface area contributed by atoms with Crippen LogP contribution in [-0.4, -0.2) is 25.8 Å². The number of hydrogen-bond donors (Lipinski definition) is 1. The van der Waals surface area contributed by atoms with Crippen LogP contribution < -0.4 is 5.32 Å². The molecule has 17 heavy (non-hydrogen) atoms. The lowest BCUT2D eigenvalue weighted by Crippen LogP contribution is -2.24. The van der Waals surface area contributed by atoms with Crippen LogP contribution in [0.1, 0.15) is 25.8 Å². The Morgan fingerprint density at radius 3 is 2.71 bits per heavy atom. The van der Waals surface area contributed by atoms with Gasteiger partial charge in [-0.25, -0.2) is 0 Å². The van der Waals surface area contributed by atoms with E-state index in [2.05, 4.69) is 43.4 Å².